The van der Waals surface area contributed by atoms with Crippen LogP contribution >= 0.6 is 0 Å². The van der Waals surface area contributed by atoms with Gasteiger partial charge in [-0.3, -0.25) is 0 Å². The maximum atomic E-state index is 10.4. The Hall–Kier alpha value is -1.61. The highest BCUT2D eigenvalue weighted by Gasteiger charge is 2.23. The van der Waals surface area contributed by atoms with E-state index in [4.69, 9.17) is 0 Å². The molecule has 1 aromatic carbocycles. The molecule has 0 aliphatic rings. The highest BCUT2D eigenvalue weighted by atomic mass is 16.3. The second-order valence-corrected chi connectivity index (χ2v) is 4.79. The predicted molar refractivity (Wildman–Crippen MR) is 67.7 cm³/mol. The topological polar surface area (TPSA) is 38.0 Å². The van der Waals surface area contributed by atoms with Gasteiger partial charge in [0, 0.05) is 32.3 Å². The fourth-order valence-electron chi connectivity index (χ4n) is 2.01. The molecule has 2 rings (SSSR count). The summed E-state index contributed by atoms with van der Waals surface area (Å²) in [5.41, 5.74) is 0.382. The van der Waals surface area contributed by atoms with Crippen molar-refractivity contribution >= 4 is 0 Å². The average molecular weight is 230 g/mol. The van der Waals surface area contributed by atoms with E-state index in [1.165, 1.54) is 0 Å². The minimum Gasteiger partial charge on any atom is -0.389 e. The lowest BCUT2D eigenvalue weighted by molar-refractivity contribution is 0.0581. The van der Waals surface area contributed by atoms with Crippen LogP contribution in [0.2, 0.25) is 0 Å². The fourth-order valence-corrected chi connectivity index (χ4v) is 2.01. The van der Waals surface area contributed by atoms with Crippen molar-refractivity contribution in [1.29, 1.82) is 0 Å². The summed E-state index contributed by atoms with van der Waals surface area (Å²) in [6.45, 7) is 1.86. The van der Waals surface area contributed by atoms with Gasteiger partial charge in [-0.15, -0.1) is 0 Å². The van der Waals surface area contributed by atoms with E-state index in [-0.39, 0.29) is 0 Å². The SMILES string of the molecule is Cn1ccnc1CC(C)(O)Cc1ccccc1. The van der Waals surface area contributed by atoms with E-state index < -0.39 is 5.60 Å². The van der Waals surface area contributed by atoms with Crippen LogP contribution in [-0.2, 0) is 19.9 Å². The summed E-state index contributed by atoms with van der Waals surface area (Å²) in [4.78, 5) is 4.25. The first-order chi connectivity index (χ1) is 8.07. The van der Waals surface area contributed by atoms with Gasteiger partial charge < -0.3 is 9.67 Å². The molecular formula is C14H18N2O. The highest BCUT2D eigenvalue weighted by Crippen LogP contribution is 2.17. The number of hydrogen-bond acceptors (Lipinski definition) is 2. The third-order valence-corrected chi connectivity index (χ3v) is 2.89. The molecule has 0 spiro atoms. The second-order valence-electron chi connectivity index (χ2n) is 4.79. The molecule has 3 heteroatoms. The molecule has 3 nitrogen and oxygen atoms in total. The predicted octanol–water partition coefficient (Wildman–Crippen LogP) is 1.96. The zero-order chi connectivity index (χ0) is 12.3. The molecule has 1 atom stereocenters. The van der Waals surface area contributed by atoms with E-state index in [0.29, 0.717) is 12.8 Å². The van der Waals surface area contributed by atoms with Crippen molar-refractivity contribution in [2.75, 3.05) is 0 Å². The minimum absolute atomic E-state index is 0.561. The number of aromatic nitrogens is 2. The number of nitrogens with zero attached hydrogens (tertiary/aromatic N) is 2. The zero-order valence-electron chi connectivity index (χ0n) is 10.3. The summed E-state index contributed by atoms with van der Waals surface area (Å²) in [5.74, 6) is 0.908. The van der Waals surface area contributed by atoms with E-state index >= 15 is 0 Å². The van der Waals surface area contributed by atoms with Crippen LogP contribution in [0.1, 0.15) is 18.3 Å². The van der Waals surface area contributed by atoms with Gasteiger partial charge in [-0.2, -0.15) is 0 Å². The summed E-state index contributed by atoms with van der Waals surface area (Å²) < 4.78 is 1.94. The number of aliphatic hydroxyl groups is 1. The van der Waals surface area contributed by atoms with E-state index in [0.717, 1.165) is 11.4 Å². The van der Waals surface area contributed by atoms with Crippen molar-refractivity contribution < 1.29 is 5.11 Å². The summed E-state index contributed by atoms with van der Waals surface area (Å²) in [6, 6.07) is 10.0. The summed E-state index contributed by atoms with van der Waals surface area (Å²) >= 11 is 0. The smallest absolute Gasteiger partial charge is 0.111 e. The van der Waals surface area contributed by atoms with Gasteiger partial charge in [-0.1, -0.05) is 30.3 Å². The molecule has 2 aromatic rings. The van der Waals surface area contributed by atoms with E-state index in [1.807, 2.05) is 55.1 Å². The molecule has 1 unspecified atom stereocenters. The van der Waals surface area contributed by atoms with Crippen LogP contribution in [0.4, 0.5) is 0 Å². The Labute approximate surface area is 102 Å². The molecule has 0 saturated heterocycles. The van der Waals surface area contributed by atoms with Crippen molar-refractivity contribution in [2.24, 2.45) is 7.05 Å². The molecule has 1 N–H and O–H groups in total. The van der Waals surface area contributed by atoms with Gasteiger partial charge >= 0.3 is 0 Å². The molecule has 1 heterocycles. The summed E-state index contributed by atoms with van der Waals surface area (Å²) in [7, 11) is 1.95. The molecule has 0 aliphatic heterocycles. The Morgan fingerprint density at radius 3 is 2.53 bits per heavy atom. The van der Waals surface area contributed by atoms with Crippen molar-refractivity contribution in [3.8, 4) is 0 Å². The molecule has 90 valence electrons. The summed E-state index contributed by atoms with van der Waals surface area (Å²) in [5, 5.41) is 10.4. The minimum atomic E-state index is -0.763. The number of benzene rings is 1. The third kappa shape index (κ3) is 3.17. The van der Waals surface area contributed by atoms with Gasteiger partial charge in [0.15, 0.2) is 0 Å². The zero-order valence-corrected chi connectivity index (χ0v) is 10.3. The van der Waals surface area contributed by atoms with E-state index in [9.17, 15) is 5.11 Å². The molecule has 0 saturated carbocycles. The van der Waals surface area contributed by atoms with Crippen molar-refractivity contribution in [1.82, 2.24) is 9.55 Å². The van der Waals surface area contributed by atoms with Crippen LogP contribution in [0.25, 0.3) is 0 Å². The number of rotatable bonds is 4. The lowest BCUT2D eigenvalue weighted by Gasteiger charge is -2.23. The van der Waals surface area contributed by atoms with Gasteiger partial charge in [0.2, 0.25) is 0 Å². The lowest BCUT2D eigenvalue weighted by Crippen LogP contribution is -2.31. The number of imidazole rings is 1. The molecule has 0 aliphatic carbocycles. The average Bonchev–Trinajstić information content (AvgIpc) is 2.64. The quantitative estimate of drug-likeness (QED) is 0.872. The van der Waals surface area contributed by atoms with E-state index in [2.05, 4.69) is 4.98 Å². The maximum Gasteiger partial charge on any atom is 0.111 e. The first kappa shape index (κ1) is 11.9. The van der Waals surface area contributed by atoms with Crippen LogP contribution in [0.15, 0.2) is 42.7 Å². The molecule has 0 bridgehead atoms. The Morgan fingerprint density at radius 2 is 1.94 bits per heavy atom. The van der Waals surface area contributed by atoms with Crippen molar-refractivity contribution in [3.05, 3.63) is 54.1 Å². The van der Waals surface area contributed by atoms with Crippen LogP contribution in [0.5, 0.6) is 0 Å². The van der Waals surface area contributed by atoms with E-state index in [1.54, 1.807) is 6.20 Å². The van der Waals surface area contributed by atoms with Gasteiger partial charge in [-0.25, -0.2) is 4.98 Å². The third-order valence-electron chi connectivity index (χ3n) is 2.89. The normalized spacial score (nSPS) is 14.5. The summed E-state index contributed by atoms with van der Waals surface area (Å²) in [6.07, 6.45) is 4.86. The molecule has 0 radical (unpaired) electrons. The standard InChI is InChI=1S/C14H18N2O/c1-14(17,10-12-6-4-3-5-7-12)11-13-15-8-9-16(13)2/h3-9,17H,10-11H2,1-2H3. The monoisotopic (exact) mass is 230 g/mol. The van der Waals surface area contributed by atoms with Crippen molar-refractivity contribution in [3.63, 3.8) is 0 Å². The second kappa shape index (κ2) is 4.72. The largest absolute Gasteiger partial charge is 0.389 e. The Balaban J connectivity index is 2.07. The molecule has 17 heavy (non-hydrogen) atoms. The van der Waals surface area contributed by atoms with Gasteiger partial charge in [0.1, 0.15) is 5.82 Å². The molecule has 1 aromatic heterocycles. The molecule has 0 amide bonds. The number of hydrogen-bond donors (Lipinski definition) is 1. The number of aryl methyl sites for hydroxylation is 1. The van der Waals surface area contributed by atoms with Gasteiger partial charge in [0.05, 0.1) is 5.60 Å². The highest BCUT2D eigenvalue weighted by molar-refractivity contribution is 5.17. The lowest BCUT2D eigenvalue weighted by atomic mass is 9.93. The van der Waals surface area contributed by atoms with Crippen molar-refractivity contribution in [2.45, 2.75) is 25.4 Å². The maximum absolute atomic E-state index is 10.4. The van der Waals surface area contributed by atoms with Gasteiger partial charge in [0.25, 0.3) is 0 Å². The van der Waals surface area contributed by atoms with Gasteiger partial charge in [-0.05, 0) is 12.5 Å². The van der Waals surface area contributed by atoms with Crippen LogP contribution in [-0.4, -0.2) is 20.3 Å². The Morgan fingerprint density at radius 1 is 1.24 bits per heavy atom. The van der Waals surface area contributed by atoms with Crippen LogP contribution in [0, 0.1) is 0 Å². The Kier molecular flexibility index (Phi) is 3.29. The Bertz CT molecular complexity index is 474. The molecule has 0 fully saturated rings. The first-order valence-corrected chi connectivity index (χ1v) is 5.79. The van der Waals surface area contributed by atoms with Crippen LogP contribution in [0.3, 0.4) is 0 Å². The first-order valence-electron chi connectivity index (χ1n) is 5.79. The van der Waals surface area contributed by atoms with Crippen LogP contribution < -0.4 is 0 Å². The molecular weight excluding hydrogens is 212 g/mol. The fraction of sp³-hybridized carbons (Fsp3) is 0.357.